The number of rotatable bonds is 8. The number of ether oxygens (including phenoxy) is 1. The Morgan fingerprint density at radius 1 is 1.28 bits per heavy atom. The van der Waals surface area contributed by atoms with Gasteiger partial charge in [-0.3, -0.25) is 14.4 Å². The van der Waals surface area contributed by atoms with Crippen molar-refractivity contribution < 1.29 is 38.3 Å². The molecule has 3 N–H and O–H groups in total. The molecule has 2 rings (SSSR count). The number of carbonyl (C=O) groups is 4. The number of hydrogen-bond donors (Lipinski definition) is 3. The first-order valence-corrected chi connectivity index (χ1v) is 10.4. The maximum atomic E-state index is 12.5. The van der Waals surface area contributed by atoms with Crippen molar-refractivity contribution >= 4 is 54.1 Å². The van der Waals surface area contributed by atoms with Gasteiger partial charge < -0.3 is 29.8 Å². The van der Waals surface area contributed by atoms with Gasteiger partial charge in [-0.2, -0.15) is 0 Å². The number of nitrogens with one attached hydrogen (secondary N) is 2. The van der Waals surface area contributed by atoms with E-state index in [0.29, 0.717) is 11.4 Å². The lowest BCUT2D eigenvalue weighted by Crippen LogP contribution is -2.61. The van der Waals surface area contributed by atoms with Crippen LogP contribution >= 0.6 is 23.2 Å². The molecule has 0 bridgehead atoms. The summed E-state index contributed by atoms with van der Waals surface area (Å²) in [5.41, 5.74) is 0.102. The number of hydrogen-bond acceptors (Lipinski definition) is 8. The Bertz CT molecular complexity index is 885. The molecular formula is C19H23BCl2N2O8. The maximum absolute atomic E-state index is 12.5. The number of methoxy groups -OCH3 is 1. The van der Waals surface area contributed by atoms with Crippen LogP contribution in [0.25, 0.3) is 0 Å². The van der Waals surface area contributed by atoms with Gasteiger partial charge in [-0.15, -0.1) is 0 Å². The molecule has 1 aromatic carbocycles. The van der Waals surface area contributed by atoms with Crippen LogP contribution in [-0.4, -0.2) is 67.8 Å². The SMILES string of the molecule is COC(=O)[C@@H]1OB([C@H](CC(C)C)NC(=O)CNC(=O)c2cc(Cl)ccc2Cl)OC(=O)[C@H]1O. The number of carbonyl (C=O) groups excluding carboxylic acids is 4. The van der Waals surface area contributed by atoms with Crippen LogP contribution < -0.4 is 10.6 Å². The fraction of sp³-hybridized carbons (Fsp3) is 0.474. The third-order valence-electron chi connectivity index (χ3n) is 4.46. The number of amides is 2. The molecule has 1 aliphatic heterocycles. The van der Waals surface area contributed by atoms with Crippen LogP contribution in [0.15, 0.2) is 18.2 Å². The van der Waals surface area contributed by atoms with Crippen LogP contribution in [-0.2, 0) is 28.4 Å². The lowest BCUT2D eigenvalue weighted by Gasteiger charge is -2.33. The molecule has 2 amide bonds. The first kappa shape index (κ1) is 25.9. The topological polar surface area (TPSA) is 140 Å². The second-order valence-corrected chi connectivity index (χ2v) is 8.28. The Labute approximate surface area is 195 Å². The average molecular weight is 489 g/mol. The first-order chi connectivity index (χ1) is 15.0. The molecule has 174 valence electrons. The van der Waals surface area contributed by atoms with E-state index in [1.54, 1.807) is 0 Å². The fourth-order valence-electron chi connectivity index (χ4n) is 2.96. The predicted molar refractivity (Wildman–Crippen MR) is 115 cm³/mol. The van der Waals surface area contributed by atoms with Gasteiger partial charge in [0.1, 0.15) is 0 Å². The highest BCUT2D eigenvalue weighted by atomic mass is 35.5. The van der Waals surface area contributed by atoms with Crippen molar-refractivity contribution in [1.29, 1.82) is 0 Å². The van der Waals surface area contributed by atoms with Gasteiger partial charge in [0, 0.05) is 5.02 Å². The minimum atomic E-state index is -1.85. The van der Waals surface area contributed by atoms with Crippen molar-refractivity contribution in [3.05, 3.63) is 33.8 Å². The van der Waals surface area contributed by atoms with Gasteiger partial charge in [0.05, 0.1) is 30.2 Å². The number of aliphatic hydroxyl groups is 1. The molecule has 0 aliphatic carbocycles. The summed E-state index contributed by atoms with van der Waals surface area (Å²) in [6, 6.07) is 4.35. The lowest BCUT2D eigenvalue weighted by molar-refractivity contribution is -0.174. The summed E-state index contributed by atoms with van der Waals surface area (Å²) >= 11 is 11.9. The summed E-state index contributed by atoms with van der Waals surface area (Å²) in [7, 11) is -0.269. The van der Waals surface area contributed by atoms with Crippen molar-refractivity contribution in [2.24, 2.45) is 5.92 Å². The van der Waals surface area contributed by atoms with Crippen LogP contribution in [0.3, 0.4) is 0 Å². The molecule has 3 atom stereocenters. The Kier molecular flexibility index (Phi) is 9.32. The number of benzene rings is 1. The molecule has 0 spiro atoms. The van der Waals surface area contributed by atoms with Gasteiger partial charge in [0.15, 0.2) is 12.2 Å². The molecule has 10 nitrogen and oxygen atoms in total. The molecule has 1 fully saturated rings. The third kappa shape index (κ3) is 6.83. The predicted octanol–water partition coefficient (Wildman–Crippen LogP) is 0.757. The van der Waals surface area contributed by atoms with Gasteiger partial charge in [0.25, 0.3) is 5.91 Å². The number of esters is 1. The van der Waals surface area contributed by atoms with E-state index in [0.717, 1.165) is 7.11 Å². The summed E-state index contributed by atoms with van der Waals surface area (Å²) in [6.07, 6.45) is -3.14. The zero-order valence-electron chi connectivity index (χ0n) is 17.6. The molecule has 0 radical (unpaired) electrons. The molecule has 1 saturated heterocycles. The van der Waals surface area contributed by atoms with Gasteiger partial charge in [-0.1, -0.05) is 37.0 Å². The Morgan fingerprint density at radius 2 is 1.97 bits per heavy atom. The summed E-state index contributed by atoms with van der Waals surface area (Å²) in [4.78, 5) is 48.6. The van der Waals surface area contributed by atoms with E-state index in [9.17, 15) is 24.3 Å². The van der Waals surface area contributed by atoms with Crippen molar-refractivity contribution in [3.63, 3.8) is 0 Å². The van der Waals surface area contributed by atoms with Gasteiger partial charge >= 0.3 is 19.1 Å². The normalized spacial score (nSPS) is 19.2. The van der Waals surface area contributed by atoms with E-state index in [2.05, 4.69) is 15.4 Å². The van der Waals surface area contributed by atoms with E-state index >= 15 is 0 Å². The van der Waals surface area contributed by atoms with Gasteiger partial charge in [0.2, 0.25) is 5.91 Å². The summed E-state index contributed by atoms with van der Waals surface area (Å²) in [6.45, 7) is 3.30. The quantitative estimate of drug-likeness (QED) is 0.359. The van der Waals surface area contributed by atoms with Crippen molar-refractivity contribution in [3.8, 4) is 0 Å². The highest BCUT2D eigenvalue weighted by Crippen LogP contribution is 2.21. The van der Waals surface area contributed by atoms with Crippen LogP contribution in [0.2, 0.25) is 10.0 Å². The third-order valence-corrected chi connectivity index (χ3v) is 5.02. The largest absolute Gasteiger partial charge is 0.552 e. The molecule has 0 saturated carbocycles. The van der Waals surface area contributed by atoms with E-state index in [1.807, 2.05) is 13.8 Å². The van der Waals surface area contributed by atoms with E-state index < -0.39 is 55.6 Å². The summed E-state index contributed by atoms with van der Waals surface area (Å²) in [5.74, 6) is -4.09. The van der Waals surface area contributed by atoms with Crippen molar-refractivity contribution in [2.75, 3.05) is 13.7 Å². The molecule has 0 unspecified atom stereocenters. The molecule has 32 heavy (non-hydrogen) atoms. The molecule has 13 heteroatoms. The highest BCUT2D eigenvalue weighted by molar-refractivity contribution is 6.50. The van der Waals surface area contributed by atoms with Gasteiger partial charge in [-0.05, 0) is 30.5 Å². The van der Waals surface area contributed by atoms with Gasteiger partial charge in [-0.25, -0.2) is 4.79 Å². The second-order valence-electron chi connectivity index (χ2n) is 7.44. The minimum absolute atomic E-state index is 0.0332. The number of halogens is 2. The molecule has 1 heterocycles. The Hall–Kier alpha value is -2.34. The smallest absolute Gasteiger partial charge is 0.506 e. The zero-order chi connectivity index (χ0) is 24.0. The van der Waals surface area contributed by atoms with Crippen LogP contribution in [0.5, 0.6) is 0 Å². The van der Waals surface area contributed by atoms with E-state index in [1.165, 1.54) is 18.2 Å². The van der Waals surface area contributed by atoms with E-state index in [4.69, 9.17) is 32.5 Å². The van der Waals surface area contributed by atoms with Crippen LogP contribution in [0.1, 0.15) is 30.6 Å². The Balaban J connectivity index is 2.05. The Morgan fingerprint density at radius 3 is 2.59 bits per heavy atom. The molecule has 1 aromatic rings. The monoisotopic (exact) mass is 488 g/mol. The zero-order valence-corrected chi connectivity index (χ0v) is 19.1. The number of aliphatic hydroxyl groups excluding tert-OH is 1. The minimum Gasteiger partial charge on any atom is -0.506 e. The highest BCUT2D eigenvalue weighted by Gasteiger charge is 2.49. The average Bonchev–Trinajstić information content (AvgIpc) is 2.74. The van der Waals surface area contributed by atoms with Crippen LogP contribution in [0.4, 0.5) is 0 Å². The first-order valence-electron chi connectivity index (χ1n) is 9.68. The standard InChI is InChI=1S/C19H23BCl2N2O8/c1-9(2)6-13(20-31-16(19(29)30-3)15(26)18(28)32-20)24-14(25)8-23-17(27)11-7-10(21)4-5-12(11)22/h4-5,7,9,13,15-16,26H,6,8H2,1-3H3,(H,23,27)(H,24,25)/t13-,15-,16+/m0/s1. The lowest BCUT2D eigenvalue weighted by atomic mass is 9.72. The fourth-order valence-corrected chi connectivity index (χ4v) is 3.34. The van der Waals surface area contributed by atoms with E-state index in [-0.39, 0.29) is 16.5 Å². The molecule has 0 aromatic heterocycles. The van der Waals surface area contributed by atoms with Crippen LogP contribution in [0, 0.1) is 5.92 Å². The van der Waals surface area contributed by atoms with Crippen molar-refractivity contribution in [1.82, 2.24) is 10.6 Å². The maximum Gasteiger partial charge on any atom is 0.552 e. The summed E-state index contributed by atoms with van der Waals surface area (Å²) < 4.78 is 15.0. The van der Waals surface area contributed by atoms with Crippen molar-refractivity contribution in [2.45, 2.75) is 38.4 Å². The summed E-state index contributed by atoms with van der Waals surface area (Å²) in [5, 5.41) is 15.4. The second kappa shape index (κ2) is 11.5. The molecule has 1 aliphatic rings. The molecular weight excluding hydrogens is 466 g/mol.